The lowest BCUT2D eigenvalue weighted by molar-refractivity contribution is -0.150. The molecule has 0 aliphatic rings. The zero-order valence-electron chi connectivity index (χ0n) is 3.94. The Hall–Kier alpha value is 0.01000. The number of hydrogen-bond acceptors (Lipinski definition) is 3. The minimum absolute atomic E-state index is 0.107. The summed E-state index contributed by atoms with van der Waals surface area (Å²) < 4.78 is 1.53. The second-order valence-corrected chi connectivity index (χ2v) is 3.28. The van der Waals surface area contributed by atoms with E-state index >= 15 is 0 Å². The Bertz CT molecular complexity index is 127. The molecule has 0 spiro atoms. The van der Waals surface area contributed by atoms with E-state index < -0.39 is 9.76 Å². The van der Waals surface area contributed by atoms with Gasteiger partial charge in [-0.1, -0.05) is 34.8 Å². The van der Waals surface area contributed by atoms with Crippen LogP contribution in [0.4, 0.5) is 0 Å². The lowest BCUT2D eigenvalue weighted by atomic mass is 10.8. The van der Waals surface area contributed by atoms with Gasteiger partial charge in [-0.3, -0.25) is 4.79 Å². The summed E-state index contributed by atoms with van der Waals surface area (Å²) in [6.45, 7) is -0.107. The SMILES string of the molecule is O=COC(=O)C(Cl)(Cl)Cl. The fourth-order valence-corrected chi connectivity index (χ4v) is 0.244. The van der Waals surface area contributed by atoms with Crippen LogP contribution in [0, 0.1) is 0 Å². The normalized spacial score (nSPS) is 10.6. The third kappa shape index (κ3) is 3.56. The number of rotatable bonds is 1. The first-order chi connectivity index (χ1) is 3.98. The number of carbonyl (C=O) groups is 2. The van der Waals surface area contributed by atoms with Crippen molar-refractivity contribution in [1.29, 1.82) is 0 Å². The number of alkyl halides is 3. The summed E-state index contributed by atoms with van der Waals surface area (Å²) in [6.07, 6.45) is 0. The van der Waals surface area contributed by atoms with Crippen LogP contribution in [-0.4, -0.2) is 16.2 Å². The Morgan fingerprint density at radius 2 is 1.89 bits per heavy atom. The molecule has 0 bridgehead atoms. The van der Waals surface area contributed by atoms with Gasteiger partial charge in [0, 0.05) is 0 Å². The highest BCUT2D eigenvalue weighted by Gasteiger charge is 2.32. The predicted molar refractivity (Wildman–Crippen MR) is 32.4 cm³/mol. The Morgan fingerprint density at radius 1 is 1.44 bits per heavy atom. The zero-order chi connectivity index (χ0) is 7.49. The predicted octanol–water partition coefficient (Wildman–Crippen LogP) is 1.06. The summed E-state index contributed by atoms with van der Waals surface area (Å²) in [5, 5.41) is 0. The van der Waals surface area contributed by atoms with Crippen molar-refractivity contribution in [3.05, 3.63) is 0 Å². The monoisotopic (exact) mass is 190 g/mol. The van der Waals surface area contributed by atoms with E-state index in [0.717, 1.165) is 0 Å². The van der Waals surface area contributed by atoms with Gasteiger partial charge in [-0.25, -0.2) is 4.79 Å². The van der Waals surface area contributed by atoms with E-state index in [4.69, 9.17) is 34.8 Å². The van der Waals surface area contributed by atoms with Crippen molar-refractivity contribution in [3.8, 4) is 0 Å². The zero-order valence-corrected chi connectivity index (χ0v) is 6.20. The van der Waals surface area contributed by atoms with Crippen LogP contribution < -0.4 is 0 Å². The van der Waals surface area contributed by atoms with E-state index in [1.54, 1.807) is 0 Å². The fraction of sp³-hybridized carbons (Fsp3) is 0.333. The molecule has 0 rings (SSSR count). The van der Waals surface area contributed by atoms with Gasteiger partial charge in [0.1, 0.15) is 0 Å². The third-order valence-corrected chi connectivity index (χ3v) is 0.850. The smallest absolute Gasteiger partial charge is 0.366 e. The highest BCUT2D eigenvalue weighted by atomic mass is 35.6. The number of ether oxygens (including phenoxy) is 1. The van der Waals surface area contributed by atoms with Crippen LogP contribution in [0.3, 0.4) is 0 Å². The molecule has 0 heterocycles. The van der Waals surface area contributed by atoms with E-state index in [9.17, 15) is 9.59 Å². The standard InChI is InChI=1S/C3HCl3O3/c4-3(5,6)2(8)9-1-7/h1H. The number of halogens is 3. The first kappa shape index (κ1) is 9.01. The van der Waals surface area contributed by atoms with Gasteiger partial charge in [-0.2, -0.15) is 0 Å². The summed E-state index contributed by atoms with van der Waals surface area (Å²) in [7, 11) is 0. The van der Waals surface area contributed by atoms with Crippen molar-refractivity contribution >= 4 is 47.2 Å². The maximum Gasteiger partial charge on any atom is 0.366 e. The number of hydrogen-bond donors (Lipinski definition) is 0. The van der Waals surface area contributed by atoms with E-state index in [2.05, 4.69) is 4.74 Å². The van der Waals surface area contributed by atoms with Crippen molar-refractivity contribution < 1.29 is 14.3 Å². The summed E-state index contributed by atoms with van der Waals surface area (Å²) in [5.74, 6) is -1.21. The van der Waals surface area contributed by atoms with Gasteiger partial charge in [0.05, 0.1) is 0 Å². The molecule has 0 N–H and O–H groups in total. The molecule has 52 valence electrons. The molecule has 6 heteroatoms. The molecule has 0 saturated carbocycles. The van der Waals surface area contributed by atoms with Gasteiger partial charge in [-0.05, 0) is 0 Å². The molecule has 3 nitrogen and oxygen atoms in total. The molecular formula is C3HCl3O3. The minimum Gasteiger partial charge on any atom is -0.392 e. The Balaban J connectivity index is 3.88. The average Bonchev–Trinajstić information content (AvgIpc) is 1.64. The quantitative estimate of drug-likeness (QED) is 0.269. The van der Waals surface area contributed by atoms with Gasteiger partial charge in [-0.15, -0.1) is 0 Å². The Kier molecular flexibility index (Phi) is 3.25. The summed E-state index contributed by atoms with van der Waals surface area (Å²) in [5.41, 5.74) is 0. The van der Waals surface area contributed by atoms with Crippen LogP contribution in [0.5, 0.6) is 0 Å². The maximum absolute atomic E-state index is 10.2. The molecule has 0 aromatic heterocycles. The molecule has 0 saturated heterocycles. The van der Waals surface area contributed by atoms with Gasteiger partial charge >= 0.3 is 12.4 Å². The molecule has 0 amide bonds. The van der Waals surface area contributed by atoms with Gasteiger partial charge in [0.15, 0.2) is 0 Å². The van der Waals surface area contributed by atoms with E-state index in [-0.39, 0.29) is 6.47 Å². The van der Waals surface area contributed by atoms with E-state index in [1.165, 1.54) is 0 Å². The number of esters is 1. The topological polar surface area (TPSA) is 43.4 Å². The second-order valence-electron chi connectivity index (χ2n) is 0.999. The average molecular weight is 191 g/mol. The maximum atomic E-state index is 10.2. The van der Waals surface area contributed by atoms with Crippen molar-refractivity contribution in [3.63, 3.8) is 0 Å². The molecule has 0 aliphatic heterocycles. The lowest BCUT2D eigenvalue weighted by Crippen LogP contribution is -2.20. The molecule has 0 radical (unpaired) electrons. The van der Waals surface area contributed by atoms with Crippen molar-refractivity contribution in [2.24, 2.45) is 0 Å². The van der Waals surface area contributed by atoms with E-state index in [1.807, 2.05) is 0 Å². The molecule has 0 unspecified atom stereocenters. The molecule has 9 heavy (non-hydrogen) atoms. The van der Waals surface area contributed by atoms with Crippen LogP contribution in [0.1, 0.15) is 0 Å². The lowest BCUT2D eigenvalue weighted by Gasteiger charge is -2.03. The van der Waals surface area contributed by atoms with Crippen LogP contribution >= 0.6 is 34.8 Å². The van der Waals surface area contributed by atoms with E-state index in [0.29, 0.717) is 0 Å². The molecule has 0 aliphatic carbocycles. The molecule has 0 aromatic rings. The van der Waals surface area contributed by atoms with Crippen molar-refractivity contribution in [2.45, 2.75) is 3.79 Å². The number of carbonyl (C=O) groups excluding carboxylic acids is 2. The molecule has 0 aromatic carbocycles. The first-order valence-corrected chi connectivity index (χ1v) is 2.83. The summed E-state index contributed by atoms with van der Waals surface area (Å²) in [6, 6.07) is 0. The van der Waals surface area contributed by atoms with Gasteiger partial charge in [0.2, 0.25) is 0 Å². The third-order valence-electron chi connectivity index (χ3n) is 0.387. The molecule has 0 fully saturated rings. The Labute approximate surface area is 65.8 Å². The first-order valence-electron chi connectivity index (χ1n) is 1.70. The minimum atomic E-state index is -2.17. The second kappa shape index (κ2) is 3.25. The largest absolute Gasteiger partial charge is 0.392 e. The van der Waals surface area contributed by atoms with Crippen LogP contribution in [0.25, 0.3) is 0 Å². The highest BCUT2D eigenvalue weighted by Crippen LogP contribution is 2.26. The molecule has 0 atom stereocenters. The Morgan fingerprint density at radius 3 is 2.00 bits per heavy atom. The van der Waals surface area contributed by atoms with Crippen molar-refractivity contribution in [1.82, 2.24) is 0 Å². The van der Waals surface area contributed by atoms with Crippen LogP contribution in [0.2, 0.25) is 0 Å². The molecular weight excluding hydrogens is 190 g/mol. The van der Waals surface area contributed by atoms with Gasteiger partial charge in [0.25, 0.3) is 3.79 Å². The summed E-state index contributed by atoms with van der Waals surface area (Å²) >= 11 is 14.9. The fourth-order valence-electron chi connectivity index (χ4n) is 0.111. The summed E-state index contributed by atoms with van der Waals surface area (Å²) in [4.78, 5) is 19.7. The highest BCUT2D eigenvalue weighted by molar-refractivity contribution is 6.75. The van der Waals surface area contributed by atoms with Gasteiger partial charge < -0.3 is 4.74 Å². The van der Waals surface area contributed by atoms with Crippen LogP contribution in [-0.2, 0) is 14.3 Å². The van der Waals surface area contributed by atoms with Crippen molar-refractivity contribution in [2.75, 3.05) is 0 Å². The van der Waals surface area contributed by atoms with Crippen LogP contribution in [0.15, 0.2) is 0 Å².